The molecule has 0 aliphatic carbocycles. The van der Waals surface area contributed by atoms with Gasteiger partial charge < -0.3 is 0 Å². The molecule has 146 valence electrons. The fraction of sp³-hybridized carbons (Fsp3) is 0.182. The van der Waals surface area contributed by atoms with Crippen molar-refractivity contribution in [3.8, 4) is 0 Å². The van der Waals surface area contributed by atoms with E-state index in [1.54, 1.807) is 6.07 Å². The van der Waals surface area contributed by atoms with Crippen LogP contribution in [0, 0.1) is 6.92 Å². The average Bonchev–Trinajstić information content (AvgIpc) is 3.17. The Morgan fingerprint density at radius 2 is 1.79 bits per heavy atom. The number of fused-ring (bicyclic) bond motifs is 1. The smallest absolute Gasteiger partial charge is 0.251 e. The highest BCUT2D eigenvalue weighted by atomic mass is 32.1. The Balaban J connectivity index is 1.44. The quantitative estimate of drug-likeness (QED) is 0.533. The number of rotatable bonds is 6. The number of anilines is 1. The van der Waals surface area contributed by atoms with E-state index in [2.05, 4.69) is 27.6 Å². The van der Waals surface area contributed by atoms with E-state index in [1.165, 1.54) is 21.5 Å². The number of amides is 1. The maximum Gasteiger partial charge on any atom is 0.251 e. The van der Waals surface area contributed by atoms with Crippen LogP contribution in [0.5, 0.6) is 0 Å². The number of aromatic nitrogens is 3. The Bertz CT molecular complexity index is 1210. The van der Waals surface area contributed by atoms with E-state index in [0.717, 1.165) is 34.3 Å². The molecule has 0 unspecified atom stereocenters. The summed E-state index contributed by atoms with van der Waals surface area (Å²) in [5.41, 5.74) is 2.68. The second-order valence-corrected chi connectivity index (χ2v) is 7.87. The molecule has 0 saturated heterocycles. The van der Waals surface area contributed by atoms with E-state index in [9.17, 15) is 9.59 Å². The monoisotopic (exact) mass is 404 g/mol. The van der Waals surface area contributed by atoms with E-state index >= 15 is 0 Å². The molecule has 0 radical (unpaired) electrons. The molecule has 29 heavy (non-hydrogen) atoms. The van der Waals surface area contributed by atoms with E-state index in [4.69, 9.17) is 0 Å². The number of pyridine rings is 1. The van der Waals surface area contributed by atoms with Crippen LogP contribution in [-0.4, -0.2) is 20.7 Å². The van der Waals surface area contributed by atoms with Crippen LogP contribution in [0.3, 0.4) is 0 Å². The maximum absolute atomic E-state index is 12.5. The number of benzene rings is 2. The summed E-state index contributed by atoms with van der Waals surface area (Å²) in [7, 11) is 0. The molecule has 4 rings (SSSR count). The average molecular weight is 404 g/mol. The SMILES string of the molecule is Cc1cc(=O)n(CC(=O)Nc2nnc(CCc3ccccc3)s2)c2ccccc12. The van der Waals surface area contributed by atoms with Crippen molar-refractivity contribution in [2.24, 2.45) is 0 Å². The van der Waals surface area contributed by atoms with E-state index < -0.39 is 0 Å². The van der Waals surface area contributed by atoms with Crippen LogP contribution in [0.15, 0.2) is 65.5 Å². The highest BCUT2D eigenvalue weighted by molar-refractivity contribution is 7.15. The van der Waals surface area contributed by atoms with Crippen LogP contribution in [-0.2, 0) is 24.2 Å². The Hall–Kier alpha value is -3.32. The molecule has 0 bridgehead atoms. The molecule has 0 saturated carbocycles. The third-order valence-corrected chi connectivity index (χ3v) is 5.61. The molecule has 2 aromatic carbocycles. The molecule has 2 heterocycles. The summed E-state index contributed by atoms with van der Waals surface area (Å²) in [5, 5.41) is 13.2. The van der Waals surface area contributed by atoms with Crippen LogP contribution < -0.4 is 10.9 Å². The summed E-state index contributed by atoms with van der Waals surface area (Å²) in [4.78, 5) is 24.9. The summed E-state index contributed by atoms with van der Waals surface area (Å²) in [5.74, 6) is -0.299. The van der Waals surface area contributed by atoms with Gasteiger partial charge in [0.15, 0.2) is 0 Å². The van der Waals surface area contributed by atoms with Gasteiger partial charge in [0.1, 0.15) is 11.6 Å². The van der Waals surface area contributed by atoms with Crippen LogP contribution in [0.2, 0.25) is 0 Å². The van der Waals surface area contributed by atoms with Gasteiger partial charge in [0.05, 0.1) is 5.52 Å². The molecule has 1 amide bonds. The molecule has 2 aromatic heterocycles. The van der Waals surface area contributed by atoms with Gasteiger partial charge in [0.2, 0.25) is 11.0 Å². The van der Waals surface area contributed by atoms with Crippen molar-refractivity contribution in [3.63, 3.8) is 0 Å². The van der Waals surface area contributed by atoms with E-state index in [0.29, 0.717) is 5.13 Å². The van der Waals surface area contributed by atoms with Crippen LogP contribution in [0.25, 0.3) is 10.9 Å². The van der Waals surface area contributed by atoms with Crippen LogP contribution >= 0.6 is 11.3 Å². The Kier molecular flexibility index (Phi) is 5.48. The number of hydrogen-bond acceptors (Lipinski definition) is 5. The van der Waals surface area contributed by atoms with E-state index in [-0.39, 0.29) is 18.0 Å². The Morgan fingerprint density at radius 1 is 1.03 bits per heavy atom. The first-order chi connectivity index (χ1) is 14.1. The van der Waals surface area contributed by atoms with Crippen molar-refractivity contribution in [2.75, 3.05) is 5.32 Å². The van der Waals surface area contributed by atoms with Crippen molar-refractivity contribution in [3.05, 3.63) is 87.2 Å². The Morgan fingerprint density at radius 3 is 2.62 bits per heavy atom. The molecule has 6 nitrogen and oxygen atoms in total. The second kappa shape index (κ2) is 8.36. The molecule has 1 N–H and O–H groups in total. The summed E-state index contributed by atoms with van der Waals surface area (Å²) in [6, 6.07) is 19.3. The van der Waals surface area contributed by atoms with Crippen molar-refractivity contribution >= 4 is 33.3 Å². The third kappa shape index (κ3) is 4.41. The van der Waals surface area contributed by atoms with Crippen molar-refractivity contribution in [2.45, 2.75) is 26.3 Å². The van der Waals surface area contributed by atoms with Gasteiger partial charge in [-0.3, -0.25) is 19.5 Å². The van der Waals surface area contributed by atoms with Crippen molar-refractivity contribution in [1.82, 2.24) is 14.8 Å². The molecule has 4 aromatic rings. The van der Waals surface area contributed by atoms with E-state index in [1.807, 2.05) is 49.4 Å². The number of nitrogens with zero attached hydrogens (tertiary/aromatic N) is 3. The fourth-order valence-corrected chi connectivity index (χ4v) is 4.02. The van der Waals surface area contributed by atoms with Gasteiger partial charge in [-0.1, -0.05) is 59.9 Å². The van der Waals surface area contributed by atoms with Gasteiger partial charge in [0, 0.05) is 17.9 Å². The molecule has 7 heteroatoms. The summed E-state index contributed by atoms with van der Waals surface area (Å²) in [6.07, 6.45) is 1.63. The van der Waals surface area contributed by atoms with Gasteiger partial charge in [-0.15, -0.1) is 10.2 Å². The summed E-state index contributed by atoms with van der Waals surface area (Å²) >= 11 is 1.36. The number of aryl methyl sites for hydroxylation is 3. The largest absolute Gasteiger partial charge is 0.299 e. The zero-order chi connectivity index (χ0) is 20.2. The standard InChI is InChI=1S/C22H20N4O2S/c1-15-13-21(28)26(18-10-6-5-9-17(15)18)14-19(27)23-22-25-24-20(29-22)12-11-16-7-3-2-4-8-16/h2-10,13H,11-12,14H2,1H3,(H,23,25,27). The Labute approximate surface area is 171 Å². The van der Waals surface area contributed by atoms with Crippen LogP contribution in [0.4, 0.5) is 5.13 Å². The highest BCUT2D eigenvalue weighted by Gasteiger charge is 2.12. The molecular weight excluding hydrogens is 384 g/mol. The first-order valence-electron chi connectivity index (χ1n) is 9.35. The predicted octanol–water partition coefficient (Wildman–Crippen LogP) is 3.59. The topological polar surface area (TPSA) is 76.9 Å². The molecule has 0 aliphatic rings. The molecule has 0 fully saturated rings. The number of hydrogen-bond donors (Lipinski definition) is 1. The van der Waals surface area contributed by atoms with Gasteiger partial charge in [-0.2, -0.15) is 0 Å². The summed E-state index contributed by atoms with van der Waals surface area (Å²) < 4.78 is 1.48. The second-order valence-electron chi connectivity index (χ2n) is 6.80. The van der Waals surface area contributed by atoms with Gasteiger partial charge in [0.25, 0.3) is 5.56 Å². The first-order valence-corrected chi connectivity index (χ1v) is 10.2. The molecular formula is C22H20N4O2S. The normalized spacial score (nSPS) is 10.9. The van der Waals surface area contributed by atoms with Gasteiger partial charge >= 0.3 is 0 Å². The molecule has 0 aliphatic heterocycles. The van der Waals surface area contributed by atoms with Crippen molar-refractivity contribution < 1.29 is 4.79 Å². The lowest BCUT2D eigenvalue weighted by Crippen LogP contribution is -2.27. The number of nitrogens with one attached hydrogen (secondary N) is 1. The number of carbonyl (C=O) groups excluding carboxylic acids is 1. The fourth-order valence-electron chi connectivity index (χ4n) is 3.27. The number of para-hydroxylation sites is 1. The third-order valence-electron chi connectivity index (χ3n) is 4.71. The first kappa shape index (κ1) is 19.0. The van der Waals surface area contributed by atoms with Gasteiger partial charge in [-0.05, 0) is 30.5 Å². The lowest BCUT2D eigenvalue weighted by atomic mass is 10.1. The van der Waals surface area contributed by atoms with Gasteiger partial charge in [-0.25, -0.2) is 0 Å². The minimum absolute atomic E-state index is 0.0709. The lowest BCUT2D eigenvalue weighted by molar-refractivity contribution is -0.116. The maximum atomic E-state index is 12.5. The minimum Gasteiger partial charge on any atom is -0.299 e. The molecule has 0 spiro atoms. The summed E-state index contributed by atoms with van der Waals surface area (Å²) in [6.45, 7) is 1.82. The minimum atomic E-state index is -0.299. The zero-order valence-electron chi connectivity index (χ0n) is 16.0. The molecule has 0 atom stereocenters. The number of carbonyl (C=O) groups is 1. The van der Waals surface area contributed by atoms with Crippen molar-refractivity contribution in [1.29, 1.82) is 0 Å². The lowest BCUT2D eigenvalue weighted by Gasteiger charge is -2.11. The predicted molar refractivity (Wildman–Crippen MR) is 115 cm³/mol. The van der Waals surface area contributed by atoms with Crippen LogP contribution in [0.1, 0.15) is 16.1 Å². The highest BCUT2D eigenvalue weighted by Crippen LogP contribution is 2.18. The zero-order valence-corrected chi connectivity index (χ0v) is 16.8.